The molecule has 0 aliphatic carbocycles. The highest BCUT2D eigenvalue weighted by Crippen LogP contribution is 2.32. The number of hydrogen-bond acceptors (Lipinski definition) is 7. The van der Waals surface area contributed by atoms with Crippen molar-refractivity contribution >= 4 is 35.4 Å². The minimum Gasteiger partial charge on any atom is -0.478 e. The Labute approximate surface area is 203 Å². The van der Waals surface area contributed by atoms with Crippen LogP contribution in [0.1, 0.15) is 56.1 Å². The lowest BCUT2D eigenvalue weighted by Gasteiger charge is -2.27. The number of aromatic nitrogens is 1. The first-order chi connectivity index (χ1) is 16.5. The van der Waals surface area contributed by atoms with E-state index < -0.39 is 23.6 Å². The molecule has 3 N–H and O–H groups in total. The molecule has 1 atom stereocenters. The monoisotopic (exact) mass is 476 g/mol. The number of nitrogens with two attached hydrogens (primary N) is 1. The maximum Gasteiger partial charge on any atom is 0.332 e. The number of benzene rings is 1. The topological polar surface area (TPSA) is 135 Å². The van der Waals surface area contributed by atoms with Gasteiger partial charge in [0.05, 0.1) is 5.69 Å². The van der Waals surface area contributed by atoms with Crippen molar-refractivity contribution in [3.8, 4) is 11.1 Å². The number of likely N-dealkylation sites (tertiary alicyclic amines) is 1. The van der Waals surface area contributed by atoms with E-state index in [1.807, 2.05) is 6.07 Å². The summed E-state index contributed by atoms with van der Waals surface area (Å²) in [5.41, 5.74) is 8.48. The minimum atomic E-state index is -1.03. The Bertz CT molecular complexity index is 1240. The van der Waals surface area contributed by atoms with Gasteiger partial charge in [-0.15, -0.1) is 0 Å². The molecular weight excluding hydrogens is 448 g/mol. The number of carboxylic acid groups (broad SMARTS) is 1. The van der Waals surface area contributed by atoms with Crippen LogP contribution in [0, 0.1) is 0 Å². The zero-order valence-corrected chi connectivity index (χ0v) is 19.9. The minimum absolute atomic E-state index is 0.0680. The van der Waals surface area contributed by atoms with Gasteiger partial charge in [0.25, 0.3) is 5.91 Å². The quantitative estimate of drug-likeness (QED) is 0.644. The maximum absolute atomic E-state index is 13.1. The molecule has 1 aromatic carbocycles. The van der Waals surface area contributed by atoms with Crippen LogP contribution in [0.2, 0.25) is 0 Å². The van der Waals surface area contributed by atoms with Gasteiger partial charge in [-0.2, -0.15) is 0 Å². The van der Waals surface area contributed by atoms with E-state index in [-0.39, 0.29) is 29.4 Å². The molecule has 9 nitrogen and oxygen atoms in total. The summed E-state index contributed by atoms with van der Waals surface area (Å²) in [6.07, 6.45) is 4.52. The summed E-state index contributed by atoms with van der Waals surface area (Å²) < 4.78 is 5.49. The van der Waals surface area contributed by atoms with E-state index in [1.54, 1.807) is 57.3 Å². The lowest BCUT2D eigenvalue weighted by Crippen LogP contribution is -2.43. The molecule has 1 saturated heterocycles. The number of carbonyl (C=O) groups is 3. The van der Waals surface area contributed by atoms with Crippen molar-refractivity contribution < 1.29 is 24.2 Å². The molecule has 1 aromatic heterocycles. The molecule has 182 valence electrons. The van der Waals surface area contributed by atoms with Crippen LogP contribution in [-0.2, 0) is 14.3 Å². The molecule has 2 aliphatic rings. The predicted octanol–water partition coefficient (Wildman–Crippen LogP) is 3.56. The fourth-order valence-electron chi connectivity index (χ4n) is 4.17. The Morgan fingerprint density at radius 3 is 2.54 bits per heavy atom. The van der Waals surface area contributed by atoms with Crippen molar-refractivity contribution in [2.24, 2.45) is 10.7 Å². The average molecular weight is 477 g/mol. The average Bonchev–Trinajstić information content (AvgIpc) is 3.21. The Hall–Kier alpha value is -4.01. The number of esters is 1. The number of amidine groups is 1. The highest BCUT2D eigenvalue weighted by atomic mass is 16.6. The number of carboxylic acids is 1. The fourth-order valence-corrected chi connectivity index (χ4v) is 4.17. The number of pyridine rings is 1. The number of carbonyl (C=O) groups excluding carboxylic acids is 2. The highest BCUT2D eigenvalue weighted by Gasteiger charge is 2.37. The van der Waals surface area contributed by atoms with Crippen molar-refractivity contribution in [3.05, 3.63) is 53.4 Å². The summed E-state index contributed by atoms with van der Waals surface area (Å²) in [5.74, 6) is -1.52. The van der Waals surface area contributed by atoms with Gasteiger partial charge in [-0.3, -0.25) is 9.78 Å². The van der Waals surface area contributed by atoms with Crippen molar-refractivity contribution in [1.82, 2.24) is 9.88 Å². The van der Waals surface area contributed by atoms with Gasteiger partial charge in [0.2, 0.25) is 0 Å². The van der Waals surface area contributed by atoms with E-state index in [2.05, 4.69) is 9.98 Å². The van der Waals surface area contributed by atoms with Crippen LogP contribution in [0.25, 0.3) is 17.2 Å². The van der Waals surface area contributed by atoms with E-state index in [1.165, 1.54) is 4.90 Å². The first kappa shape index (κ1) is 24.1. The normalized spacial score (nSPS) is 17.7. The third kappa shape index (κ3) is 5.40. The summed E-state index contributed by atoms with van der Waals surface area (Å²) in [5, 5.41) is 9.34. The van der Waals surface area contributed by atoms with E-state index in [0.29, 0.717) is 24.2 Å². The second kappa shape index (κ2) is 9.32. The summed E-state index contributed by atoms with van der Waals surface area (Å²) in [4.78, 5) is 47.3. The van der Waals surface area contributed by atoms with Gasteiger partial charge in [0, 0.05) is 35.9 Å². The lowest BCUT2D eigenvalue weighted by molar-refractivity contribution is -0.159. The number of amides is 1. The Kier molecular flexibility index (Phi) is 6.43. The van der Waals surface area contributed by atoms with Crippen molar-refractivity contribution in [2.75, 3.05) is 6.54 Å². The Balaban J connectivity index is 1.55. The lowest BCUT2D eigenvalue weighted by atomic mass is 10.0. The van der Waals surface area contributed by atoms with Crippen LogP contribution in [0.4, 0.5) is 5.69 Å². The molecule has 35 heavy (non-hydrogen) atoms. The van der Waals surface area contributed by atoms with Crippen LogP contribution in [0.15, 0.2) is 47.1 Å². The summed E-state index contributed by atoms with van der Waals surface area (Å²) in [7, 11) is 0. The summed E-state index contributed by atoms with van der Waals surface area (Å²) in [6.45, 7) is 5.88. The van der Waals surface area contributed by atoms with Crippen molar-refractivity contribution in [2.45, 2.75) is 51.7 Å². The number of ether oxygens (including phenoxy) is 1. The largest absolute Gasteiger partial charge is 0.478 e. The zero-order valence-electron chi connectivity index (χ0n) is 19.9. The van der Waals surface area contributed by atoms with E-state index in [4.69, 9.17) is 10.5 Å². The van der Waals surface area contributed by atoms with Crippen molar-refractivity contribution in [3.63, 3.8) is 0 Å². The number of rotatable bonds is 4. The smallest absolute Gasteiger partial charge is 0.332 e. The number of aliphatic carboxylic acids is 1. The highest BCUT2D eigenvalue weighted by molar-refractivity contribution is 6.02. The van der Waals surface area contributed by atoms with Gasteiger partial charge in [0.1, 0.15) is 23.2 Å². The first-order valence-corrected chi connectivity index (χ1v) is 11.4. The SMILES string of the molecule is CC(C)(C)OC(=O)[C@H]1CCCN1C(=O)c1ccc(-c2ccc3c(c2)N=C(N)CC(C(=O)O)=C3)cn1. The van der Waals surface area contributed by atoms with Gasteiger partial charge in [-0.1, -0.05) is 18.2 Å². The standard InChI is InChI=1S/C26H28N4O5/c1-26(2,3)35-25(34)21-5-4-10-30(21)23(31)19-9-8-17(14-28-19)15-6-7-16-11-18(24(32)33)13-22(27)29-20(16)12-15/h6-9,11-12,14,21H,4-5,10,13H2,1-3H3,(H2,27,29)(H,32,33)/t21-/m1/s1. The second-order valence-electron chi connectivity index (χ2n) is 9.65. The predicted molar refractivity (Wildman–Crippen MR) is 131 cm³/mol. The van der Waals surface area contributed by atoms with Crippen molar-refractivity contribution in [1.29, 1.82) is 0 Å². The summed E-state index contributed by atoms with van der Waals surface area (Å²) >= 11 is 0. The molecule has 9 heteroatoms. The molecule has 1 amide bonds. The van der Waals surface area contributed by atoms with Gasteiger partial charge in [-0.05, 0) is 57.4 Å². The van der Waals surface area contributed by atoms with Crippen LogP contribution in [0.3, 0.4) is 0 Å². The van der Waals surface area contributed by atoms with Gasteiger partial charge in [-0.25, -0.2) is 14.6 Å². The zero-order chi connectivity index (χ0) is 25.3. The molecule has 4 rings (SSSR count). The first-order valence-electron chi connectivity index (χ1n) is 11.4. The number of nitrogens with zero attached hydrogens (tertiary/aromatic N) is 3. The van der Waals surface area contributed by atoms with Gasteiger partial charge < -0.3 is 20.5 Å². The molecule has 2 aromatic rings. The van der Waals surface area contributed by atoms with Crippen LogP contribution in [0.5, 0.6) is 0 Å². The second-order valence-corrected chi connectivity index (χ2v) is 9.65. The number of aliphatic imine (C=N–C) groups is 1. The Morgan fingerprint density at radius 2 is 1.89 bits per heavy atom. The van der Waals surface area contributed by atoms with Crippen LogP contribution in [-0.4, -0.2) is 56.9 Å². The molecule has 3 heterocycles. The van der Waals surface area contributed by atoms with Crippen LogP contribution >= 0.6 is 0 Å². The third-order valence-electron chi connectivity index (χ3n) is 5.78. The number of fused-ring (bicyclic) bond motifs is 1. The molecule has 0 unspecified atom stereocenters. The van der Waals surface area contributed by atoms with E-state index in [9.17, 15) is 19.5 Å². The molecule has 2 aliphatic heterocycles. The molecule has 0 spiro atoms. The van der Waals surface area contributed by atoms with Gasteiger partial charge in [0.15, 0.2) is 0 Å². The Morgan fingerprint density at radius 1 is 1.14 bits per heavy atom. The van der Waals surface area contributed by atoms with Crippen LogP contribution < -0.4 is 5.73 Å². The molecular formula is C26H28N4O5. The van der Waals surface area contributed by atoms with Gasteiger partial charge >= 0.3 is 11.9 Å². The summed E-state index contributed by atoms with van der Waals surface area (Å²) in [6, 6.07) is 8.23. The molecule has 1 fully saturated rings. The number of hydrogen-bond donors (Lipinski definition) is 2. The fraction of sp³-hybridized carbons (Fsp3) is 0.346. The molecule has 0 saturated carbocycles. The third-order valence-corrected chi connectivity index (χ3v) is 5.78. The maximum atomic E-state index is 13.1. The van der Waals surface area contributed by atoms with E-state index in [0.717, 1.165) is 17.5 Å². The molecule has 0 bridgehead atoms. The van der Waals surface area contributed by atoms with E-state index >= 15 is 0 Å². The molecule has 0 radical (unpaired) electrons.